The second-order valence-corrected chi connectivity index (χ2v) is 7.85. The van der Waals surface area contributed by atoms with E-state index in [0.29, 0.717) is 24.2 Å². The zero-order chi connectivity index (χ0) is 19.1. The van der Waals surface area contributed by atoms with E-state index in [9.17, 15) is 9.59 Å². The number of H-pyrrole nitrogens is 1. The Kier molecular flexibility index (Phi) is 3.97. The predicted molar refractivity (Wildman–Crippen MR) is 108 cm³/mol. The zero-order valence-electron chi connectivity index (χ0n) is 15.6. The highest BCUT2D eigenvalue weighted by atomic mass is 16.5. The van der Waals surface area contributed by atoms with E-state index in [2.05, 4.69) is 11.1 Å². The molecule has 1 aromatic heterocycles. The molecule has 2 aromatic carbocycles. The molecule has 2 aliphatic rings. The lowest BCUT2D eigenvalue weighted by atomic mass is 9.90. The highest BCUT2D eigenvalue weighted by Crippen LogP contribution is 2.38. The quantitative estimate of drug-likeness (QED) is 0.750. The first kappa shape index (κ1) is 17.0. The molecule has 3 heterocycles. The van der Waals surface area contributed by atoms with Crippen LogP contribution < -0.4 is 10.3 Å². The van der Waals surface area contributed by atoms with Crippen LogP contribution in [-0.4, -0.2) is 34.5 Å². The molecular weight excluding hydrogens is 352 g/mol. The van der Waals surface area contributed by atoms with Crippen LogP contribution in [-0.2, 0) is 17.6 Å². The van der Waals surface area contributed by atoms with Crippen LogP contribution in [0.4, 0.5) is 0 Å². The number of aromatic nitrogens is 1. The van der Waals surface area contributed by atoms with Crippen molar-refractivity contribution in [3.8, 4) is 5.75 Å². The summed E-state index contributed by atoms with van der Waals surface area (Å²) in [7, 11) is 0. The average Bonchev–Trinajstić information content (AvgIpc) is 3.11. The summed E-state index contributed by atoms with van der Waals surface area (Å²) in [6.07, 6.45) is 2.96. The minimum atomic E-state index is -0.277. The minimum absolute atomic E-state index is 0.0327. The Morgan fingerprint density at radius 1 is 1.11 bits per heavy atom. The number of ether oxygens (including phenoxy) is 1. The Balaban J connectivity index is 1.32. The summed E-state index contributed by atoms with van der Waals surface area (Å²) < 4.78 is 6.34. The molecule has 0 radical (unpaired) electrons. The summed E-state index contributed by atoms with van der Waals surface area (Å²) in [4.78, 5) is 29.9. The molecule has 1 amide bonds. The van der Waals surface area contributed by atoms with Crippen molar-refractivity contribution in [2.75, 3.05) is 13.1 Å². The van der Waals surface area contributed by atoms with Crippen LogP contribution in [0.2, 0.25) is 0 Å². The number of pyridine rings is 1. The fourth-order valence-electron chi connectivity index (χ4n) is 4.44. The smallest absolute Gasteiger partial charge is 0.256 e. The number of fused-ring (bicyclic) bond motifs is 2. The van der Waals surface area contributed by atoms with Gasteiger partial charge in [-0.15, -0.1) is 0 Å². The maximum atomic E-state index is 12.9. The molecule has 1 N–H and O–H groups in total. The SMILES string of the molecule is O=C(Cc1cc2ccccc2c(=O)[nH]1)N1CCC2(CCc3ccccc3O2)C1. The van der Waals surface area contributed by atoms with E-state index in [0.717, 1.165) is 30.4 Å². The molecule has 0 aliphatic carbocycles. The first-order chi connectivity index (χ1) is 13.6. The first-order valence-corrected chi connectivity index (χ1v) is 9.78. The normalized spacial score (nSPS) is 20.9. The first-order valence-electron chi connectivity index (χ1n) is 9.78. The van der Waals surface area contributed by atoms with Crippen molar-refractivity contribution in [3.63, 3.8) is 0 Å². The predicted octanol–water partition coefficient (Wildman–Crippen LogP) is 3.07. The fraction of sp³-hybridized carbons (Fsp3) is 0.304. The molecule has 1 unspecified atom stereocenters. The number of aromatic amines is 1. The number of nitrogens with one attached hydrogen (secondary N) is 1. The average molecular weight is 374 g/mol. The lowest BCUT2D eigenvalue weighted by Crippen LogP contribution is -2.43. The van der Waals surface area contributed by atoms with Crippen molar-refractivity contribution in [1.29, 1.82) is 0 Å². The van der Waals surface area contributed by atoms with E-state index in [-0.39, 0.29) is 23.5 Å². The third kappa shape index (κ3) is 2.97. The molecule has 2 aliphatic heterocycles. The van der Waals surface area contributed by atoms with Gasteiger partial charge in [0, 0.05) is 24.0 Å². The maximum absolute atomic E-state index is 12.9. The van der Waals surface area contributed by atoms with E-state index >= 15 is 0 Å². The minimum Gasteiger partial charge on any atom is -0.485 e. The van der Waals surface area contributed by atoms with Gasteiger partial charge in [-0.1, -0.05) is 36.4 Å². The fourth-order valence-corrected chi connectivity index (χ4v) is 4.44. The molecule has 1 fully saturated rings. The van der Waals surface area contributed by atoms with Crippen molar-refractivity contribution < 1.29 is 9.53 Å². The van der Waals surface area contributed by atoms with E-state index < -0.39 is 0 Å². The number of benzene rings is 2. The lowest BCUT2D eigenvalue weighted by molar-refractivity contribution is -0.130. The molecule has 5 rings (SSSR count). The van der Waals surface area contributed by atoms with Crippen LogP contribution in [0.5, 0.6) is 5.75 Å². The van der Waals surface area contributed by atoms with Crippen molar-refractivity contribution in [1.82, 2.24) is 9.88 Å². The van der Waals surface area contributed by atoms with Gasteiger partial charge in [0.1, 0.15) is 11.4 Å². The maximum Gasteiger partial charge on any atom is 0.256 e. The third-order valence-electron chi connectivity index (χ3n) is 5.97. The molecule has 28 heavy (non-hydrogen) atoms. The molecule has 0 bridgehead atoms. The molecule has 5 heteroatoms. The highest BCUT2D eigenvalue weighted by Gasteiger charge is 2.43. The molecule has 0 saturated carbocycles. The molecule has 1 saturated heterocycles. The summed E-state index contributed by atoms with van der Waals surface area (Å²) in [5.74, 6) is 0.979. The Morgan fingerprint density at radius 3 is 2.86 bits per heavy atom. The van der Waals surface area contributed by atoms with Gasteiger partial charge in [-0.2, -0.15) is 0 Å². The van der Waals surface area contributed by atoms with Gasteiger partial charge in [-0.3, -0.25) is 9.59 Å². The number of hydrogen-bond donors (Lipinski definition) is 1. The standard InChI is InChI=1S/C23H22N2O3/c26-21(14-18-13-17-6-1-3-7-19(17)22(27)24-18)25-12-11-23(15-25)10-9-16-5-2-4-8-20(16)28-23/h1-8,13H,9-12,14-15H2,(H,24,27). The van der Waals surface area contributed by atoms with E-state index in [1.807, 2.05) is 47.4 Å². The van der Waals surface area contributed by atoms with Crippen LogP contribution >= 0.6 is 0 Å². The molecule has 3 aromatic rings. The van der Waals surface area contributed by atoms with Gasteiger partial charge in [0.25, 0.3) is 5.56 Å². The Hall–Kier alpha value is -3.08. The second-order valence-electron chi connectivity index (χ2n) is 7.85. The molecule has 1 atom stereocenters. The zero-order valence-corrected chi connectivity index (χ0v) is 15.6. The number of rotatable bonds is 2. The third-order valence-corrected chi connectivity index (χ3v) is 5.97. The van der Waals surface area contributed by atoms with Crippen molar-refractivity contribution in [2.24, 2.45) is 0 Å². The number of carbonyl (C=O) groups excluding carboxylic acids is 1. The van der Waals surface area contributed by atoms with E-state index in [1.165, 1.54) is 5.56 Å². The van der Waals surface area contributed by atoms with Crippen molar-refractivity contribution in [3.05, 3.63) is 76.2 Å². The summed E-state index contributed by atoms with van der Waals surface area (Å²) in [6.45, 7) is 1.30. The van der Waals surface area contributed by atoms with Crippen LogP contribution in [0.25, 0.3) is 10.8 Å². The number of hydrogen-bond acceptors (Lipinski definition) is 3. The molecule has 1 spiro atoms. The molecule has 5 nitrogen and oxygen atoms in total. The highest BCUT2D eigenvalue weighted by molar-refractivity contribution is 5.84. The Labute approximate surface area is 162 Å². The Morgan fingerprint density at radius 2 is 1.93 bits per heavy atom. The number of carbonyl (C=O) groups is 1. The molecule has 142 valence electrons. The monoisotopic (exact) mass is 374 g/mol. The van der Waals surface area contributed by atoms with Crippen molar-refractivity contribution >= 4 is 16.7 Å². The van der Waals surface area contributed by atoms with Crippen LogP contribution in [0, 0.1) is 0 Å². The van der Waals surface area contributed by atoms with Gasteiger partial charge in [-0.05, 0) is 42.0 Å². The lowest BCUT2D eigenvalue weighted by Gasteiger charge is -2.35. The van der Waals surface area contributed by atoms with Crippen molar-refractivity contribution in [2.45, 2.75) is 31.3 Å². The number of likely N-dealkylation sites (tertiary alicyclic amines) is 1. The van der Waals surface area contributed by atoms with Gasteiger partial charge in [0.15, 0.2) is 0 Å². The van der Waals surface area contributed by atoms with E-state index in [4.69, 9.17) is 4.74 Å². The second kappa shape index (κ2) is 6.51. The summed E-state index contributed by atoms with van der Waals surface area (Å²) in [5, 5.41) is 1.51. The van der Waals surface area contributed by atoms with Crippen LogP contribution in [0.15, 0.2) is 59.4 Å². The number of amides is 1. The summed E-state index contributed by atoms with van der Waals surface area (Å²) in [5.41, 5.74) is 1.48. The molecular formula is C23H22N2O3. The van der Waals surface area contributed by atoms with Gasteiger partial charge >= 0.3 is 0 Å². The van der Waals surface area contributed by atoms with Gasteiger partial charge in [0.2, 0.25) is 5.91 Å². The summed E-state index contributed by atoms with van der Waals surface area (Å²) >= 11 is 0. The van der Waals surface area contributed by atoms with Gasteiger partial charge in [0.05, 0.1) is 13.0 Å². The number of nitrogens with zero attached hydrogens (tertiary/aromatic N) is 1. The largest absolute Gasteiger partial charge is 0.485 e. The van der Waals surface area contributed by atoms with Gasteiger partial charge in [-0.25, -0.2) is 0 Å². The summed E-state index contributed by atoms with van der Waals surface area (Å²) in [6, 6.07) is 17.5. The van der Waals surface area contributed by atoms with Crippen LogP contribution in [0.1, 0.15) is 24.1 Å². The number of aryl methyl sites for hydroxylation is 1. The van der Waals surface area contributed by atoms with E-state index in [1.54, 1.807) is 6.07 Å². The van der Waals surface area contributed by atoms with Crippen LogP contribution in [0.3, 0.4) is 0 Å². The number of para-hydroxylation sites is 1. The van der Waals surface area contributed by atoms with Gasteiger partial charge < -0.3 is 14.6 Å². The topological polar surface area (TPSA) is 62.4 Å². The Bertz CT molecular complexity index is 1120.